The maximum Gasteiger partial charge on any atom is 0.409 e. The van der Waals surface area contributed by atoms with Crippen LogP contribution in [0.1, 0.15) is 60.8 Å². The van der Waals surface area contributed by atoms with Gasteiger partial charge in [-0.2, -0.15) is 0 Å². The average Bonchev–Trinajstić information content (AvgIpc) is 2.61. The van der Waals surface area contributed by atoms with Crippen LogP contribution in [0, 0.1) is 0 Å². The molecule has 1 amide bonds. The molecule has 7 heteroatoms. The lowest BCUT2D eigenvalue weighted by molar-refractivity contribution is 0.0963. The normalized spacial score (nSPS) is 16.3. The Morgan fingerprint density at radius 3 is 2.33 bits per heavy atom. The number of carbonyl (C=O) groups is 1. The van der Waals surface area contributed by atoms with Crippen molar-refractivity contribution in [3.8, 4) is 0 Å². The fourth-order valence-electron chi connectivity index (χ4n) is 3.49. The number of rotatable bonds is 9. The molecule has 0 aromatic rings. The van der Waals surface area contributed by atoms with Gasteiger partial charge in [-0.3, -0.25) is 9.89 Å². The van der Waals surface area contributed by atoms with Crippen molar-refractivity contribution in [2.24, 2.45) is 4.99 Å². The quantitative estimate of drug-likeness (QED) is 0.364. The van der Waals surface area contributed by atoms with Gasteiger partial charge in [-0.15, -0.1) is 0 Å². The molecule has 0 radical (unpaired) electrons. The summed E-state index contributed by atoms with van der Waals surface area (Å²) < 4.78 is 5.08. The second-order valence-electron chi connectivity index (χ2n) is 7.64. The number of amides is 1. The van der Waals surface area contributed by atoms with E-state index in [1.165, 1.54) is 0 Å². The predicted octanol–water partition coefficient (Wildman–Crippen LogP) is 2.67. The summed E-state index contributed by atoms with van der Waals surface area (Å²) in [4.78, 5) is 20.8. The van der Waals surface area contributed by atoms with E-state index in [1.54, 1.807) is 4.90 Å². The molecule has 0 aromatic heterocycles. The van der Waals surface area contributed by atoms with Crippen molar-refractivity contribution in [2.45, 2.75) is 78.9 Å². The first-order chi connectivity index (χ1) is 12.9. The lowest BCUT2D eigenvalue weighted by atomic mass is 10.1. The van der Waals surface area contributed by atoms with Gasteiger partial charge in [0.15, 0.2) is 5.96 Å². The van der Waals surface area contributed by atoms with Crippen molar-refractivity contribution >= 4 is 12.1 Å². The molecular weight excluding hydrogens is 342 g/mol. The van der Waals surface area contributed by atoms with Gasteiger partial charge in [0, 0.05) is 50.8 Å². The number of guanidine groups is 1. The van der Waals surface area contributed by atoms with Crippen LogP contribution in [0.25, 0.3) is 0 Å². The van der Waals surface area contributed by atoms with E-state index in [0.29, 0.717) is 24.7 Å². The summed E-state index contributed by atoms with van der Waals surface area (Å²) in [5, 5.41) is 6.87. The average molecular weight is 384 g/mol. The fraction of sp³-hybridized carbons (Fsp3) is 0.900. The number of hydrogen-bond acceptors (Lipinski definition) is 4. The number of nitrogens with one attached hydrogen (secondary N) is 2. The highest BCUT2D eigenvalue weighted by molar-refractivity contribution is 5.80. The molecule has 0 aromatic carbocycles. The van der Waals surface area contributed by atoms with Crippen LogP contribution < -0.4 is 10.6 Å². The number of hydrogen-bond donors (Lipinski definition) is 2. The number of likely N-dealkylation sites (tertiary alicyclic amines) is 1. The van der Waals surface area contributed by atoms with E-state index in [9.17, 15) is 4.79 Å². The Hall–Kier alpha value is -1.50. The van der Waals surface area contributed by atoms with Gasteiger partial charge in [-0.1, -0.05) is 0 Å². The summed E-state index contributed by atoms with van der Waals surface area (Å²) in [5.41, 5.74) is 0. The van der Waals surface area contributed by atoms with Crippen LogP contribution in [0.5, 0.6) is 0 Å². The molecule has 0 bridgehead atoms. The van der Waals surface area contributed by atoms with Crippen molar-refractivity contribution in [2.75, 3.05) is 39.3 Å². The van der Waals surface area contributed by atoms with Crippen molar-refractivity contribution in [3.63, 3.8) is 0 Å². The smallest absolute Gasteiger partial charge is 0.409 e. The van der Waals surface area contributed by atoms with Crippen LogP contribution in [0.2, 0.25) is 0 Å². The molecule has 1 saturated heterocycles. The molecule has 158 valence electrons. The molecule has 0 spiro atoms. The summed E-state index contributed by atoms with van der Waals surface area (Å²) in [6.07, 6.45) is 2.68. The zero-order chi connectivity index (χ0) is 20.2. The third-order valence-electron chi connectivity index (χ3n) is 4.88. The van der Waals surface area contributed by atoms with E-state index in [4.69, 9.17) is 9.73 Å². The molecule has 0 unspecified atom stereocenters. The van der Waals surface area contributed by atoms with Gasteiger partial charge in [0.05, 0.1) is 6.61 Å². The van der Waals surface area contributed by atoms with Gasteiger partial charge >= 0.3 is 6.09 Å². The predicted molar refractivity (Wildman–Crippen MR) is 112 cm³/mol. The molecule has 27 heavy (non-hydrogen) atoms. The molecule has 0 saturated carbocycles. The van der Waals surface area contributed by atoms with Crippen molar-refractivity contribution in [1.82, 2.24) is 20.4 Å². The maximum absolute atomic E-state index is 11.8. The minimum Gasteiger partial charge on any atom is -0.450 e. The summed E-state index contributed by atoms with van der Waals surface area (Å²) in [7, 11) is 0. The molecule has 0 atom stereocenters. The highest BCUT2D eigenvalue weighted by Crippen LogP contribution is 2.11. The first kappa shape index (κ1) is 23.5. The van der Waals surface area contributed by atoms with Crippen LogP contribution in [-0.2, 0) is 4.74 Å². The van der Waals surface area contributed by atoms with Crippen molar-refractivity contribution < 1.29 is 9.53 Å². The Morgan fingerprint density at radius 2 is 1.81 bits per heavy atom. The van der Waals surface area contributed by atoms with Gasteiger partial charge in [-0.05, 0) is 60.8 Å². The first-order valence-electron chi connectivity index (χ1n) is 10.6. The topological polar surface area (TPSA) is 69.2 Å². The van der Waals surface area contributed by atoms with E-state index < -0.39 is 0 Å². The Labute approximate surface area is 165 Å². The minimum absolute atomic E-state index is 0.198. The summed E-state index contributed by atoms with van der Waals surface area (Å²) in [5.74, 6) is 0.882. The Kier molecular flexibility index (Phi) is 11.2. The van der Waals surface area contributed by atoms with Gasteiger partial charge in [0.1, 0.15) is 0 Å². The Balaban J connectivity index is 2.43. The third kappa shape index (κ3) is 8.82. The number of ether oxygens (including phenoxy) is 1. The zero-order valence-electron chi connectivity index (χ0n) is 18.3. The van der Waals surface area contributed by atoms with Crippen LogP contribution in [0.3, 0.4) is 0 Å². The van der Waals surface area contributed by atoms with Crippen LogP contribution in [0.15, 0.2) is 4.99 Å². The highest BCUT2D eigenvalue weighted by atomic mass is 16.6. The van der Waals surface area contributed by atoms with E-state index in [1.807, 2.05) is 6.92 Å². The van der Waals surface area contributed by atoms with Gasteiger partial charge in [0.2, 0.25) is 0 Å². The molecule has 1 aliphatic rings. The summed E-state index contributed by atoms with van der Waals surface area (Å²) in [6.45, 7) is 17.5. The SMILES string of the molecule is CCNC(=NCCCN(C(C)C)C(C)C)NC1CCN(C(=O)OCC)CC1. The number of carbonyl (C=O) groups excluding carboxylic acids is 1. The van der Waals surface area contributed by atoms with Crippen LogP contribution in [-0.4, -0.2) is 79.3 Å². The summed E-state index contributed by atoms with van der Waals surface area (Å²) >= 11 is 0. The Bertz CT molecular complexity index is 438. The van der Waals surface area contributed by atoms with Gasteiger partial charge in [0.25, 0.3) is 0 Å². The maximum atomic E-state index is 11.8. The second kappa shape index (κ2) is 12.8. The molecule has 1 heterocycles. The highest BCUT2D eigenvalue weighted by Gasteiger charge is 2.24. The molecular formula is C20H41N5O2. The zero-order valence-corrected chi connectivity index (χ0v) is 18.3. The van der Waals surface area contributed by atoms with Crippen LogP contribution in [0.4, 0.5) is 4.79 Å². The largest absolute Gasteiger partial charge is 0.450 e. The number of nitrogens with zero attached hydrogens (tertiary/aromatic N) is 3. The lowest BCUT2D eigenvalue weighted by Gasteiger charge is -2.32. The van der Waals surface area contributed by atoms with Gasteiger partial charge < -0.3 is 20.3 Å². The third-order valence-corrected chi connectivity index (χ3v) is 4.88. The van der Waals surface area contributed by atoms with E-state index in [2.05, 4.69) is 50.2 Å². The molecule has 7 nitrogen and oxygen atoms in total. The van der Waals surface area contributed by atoms with Crippen molar-refractivity contribution in [3.05, 3.63) is 0 Å². The second-order valence-corrected chi connectivity index (χ2v) is 7.64. The van der Waals surface area contributed by atoms with Gasteiger partial charge in [-0.25, -0.2) is 4.79 Å². The van der Waals surface area contributed by atoms with Crippen molar-refractivity contribution in [1.29, 1.82) is 0 Å². The van der Waals surface area contributed by atoms with Crippen LogP contribution >= 0.6 is 0 Å². The molecule has 1 fully saturated rings. The van der Waals surface area contributed by atoms with E-state index >= 15 is 0 Å². The summed E-state index contributed by atoms with van der Waals surface area (Å²) in [6, 6.07) is 1.46. The monoisotopic (exact) mass is 383 g/mol. The fourth-order valence-corrected chi connectivity index (χ4v) is 3.49. The minimum atomic E-state index is -0.198. The Morgan fingerprint density at radius 1 is 1.19 bits per heavy atom. The lowest BCUT2D eigenvalue weighted by Crippen LogP contribution is -2.50. The standard InChI is InChI=1S/C20H41N5O2/c1-7-21-19(22-12-9-13-25(16(3)4)17(5)6)23-18-10-14-24(15-11-18)20(26)27-8-2/h16-18H,7-15H2,1-6H3,(H2,21,22,23). The molecule has 1 aliphatic heterocycles. The van der Waals surface area contributed by atoms with E-state index in [-0.39, 0.29) is 6.09 Å². The molecule has 1 rings (SSSR count). The van der Waals surface area contributed by atoms with E-state index in [0.717, 1.165) is 57.9 Å². The number of piperidine rings is 1. The molecule has 2 N–H and O–H groups in total. The molecule has 0 aliphatic carbocycles. The number of aliphatic imine (C=N–C) groups is 1. The first-order valence-corrected chi connectivity index (χ1v) is 10.6.